The lowest BCUT2D eigenvalue weighted by Crippen LogP contribution is -2.50. The maximum absolute atomic E-state index is 13.7. The van der Waals surface area contributed by atoms with Crippen LogP contribution in [0.5, 0.6) is 17.2 Å². The van der Waals surface area contributed by atoms with Crippen molar-refractivity contribution in [3.05, 3.63) is 46.5 Å². The first-order valence-corrected chi connectivity index (χ1v) is 15.1. The fourth-order valence-corrected chi connectivity index (χ4v) is 6.21. The normalized spacial score (nSPS) is 14.3. The van der Waals surface area contributed by atoms with E-state index < -0.39 is 44.2 Å². The molecule has 0 bridgehead atoms. The minimum atomic E-state index is -4.32. The summed E-state index contributed by atoms with van der Waals surface area (Å²) in [7, 11) is -6.54. The van der Waals surface area contributed by atoms with E-state index >= 15 is 0 Å². The van der Waals surface area contributed by atoms with Crippen LogP contribution < -0.4 is 23.7 Å². The highest BCUT2D eigenvalue weighted by molar-refractivity contribution is 7.89. The molecular weight excluding hydrogens is 536 g/mol. The number of rotatable bonds is 10. The van der Waals surface area contributed by atoms with Gasteiger partial charge in [-0.3, -0.25) is 4.79 Å². The molecule has 1 heterocycles. The second-order valence-corrected chi connectivity index (χ2v) is 13.5. The Morgan fingerprint density at radius 2 is 1.74 bits per heavy atom. The van der Waals surface area contributed by atoms with Gasteiger partial charge in [-0.2, -0.15) is 4.72 Å². The summed E-state index contributed by atoms with van der Waals surface area (Å²) in [6.45, 7) is 7.76. The van der Waals surface area contributed by atoms with E-state index in [0.717, 1.165) is 11.8 Å². The first-order valence-electron chi connectivity index (χ1n) is 11.8. The van der Waals surface area contributed by atoms with Crippen molar-refractivity contribution in [3.63, 3.8) is 0 Å². The molecule has 38 heavy (non-hydrogen) atoms. The molecule has 1 aliphatic rings. The van der Waals surface area contributed by atoms with E-state index in [1.54, 1.807) is 46.8 Å². The summed E-state index contributed by atoms with van der Waals surface area (Å²) in [6.07, 6.45) is 1.24. The van der Waals surface area contributed by atoms with Gasteiger partial charge in [0.2, 0.25) is 26.8 Å². The zero-order valence-corrected chi connectivity index (χ0v) is 24.1. The summed E-state index contributed by atoms with van der Waals surface area (Å²) < 4.78 is 76.9. The van der Waals surface area contributed by atoms with Gasteiger partial charge in [0.1, 0.15) is 17.4 Å². The number of nitrogens with one attached hydrogen (secondary N) is 2. The first kappa shape index (κ1) is 29.7. The number of benzene rings is 2. The molecule has 0 fully saturated rings. The molecule has 0 saturated heterocycles. The van der Waals surface area contributed by atoms with Gasteiger partial charge in [-0.1, -0.05) is 6.07 Å². The van der Waals surface area contributed by atoms with Crippen molar-refractivity contribution in [1.82, 2.24) is 9.44 Å². The number of sulfonamides is 2. The highest BCUT2D eigenvalue weighted by Crippen LogP contribution is 2.36. The van der Waals surface area contributed by atoms with Crippen molar-refractivity contribution < 1.29 is 40.6 Å². The second kappa shape index (κ2) is 11.1. The Hall–Kier alpha value is -2.87. The zero-order valence-electron chi connectivity index (χ0n) is 22.5. The molecule has 0 saturated carbocycles. The number of methoxy groups -OCH3 is 1. The third-order valence-corrected chi connectivity index (χ3v) is 8.09. The second-order valence-electron chi connectivity index (χ2n) is 10.0. The molecule has 0 unspecified atom stereocenters. The molecule has 1 atom stereocenters. The lowest BCUT2D eigenvalue weighted by Gasteiger charge is -2.25. The molecule has 11 nitrogen and oxygen atoms in total. The fraction of sp³-hybridized carbons (Fsp3) is 0.480. The Kier molecular flexibility index (Phi) is 8.66. The first-order chi connectivity index (χ1) is 17.5. The van der Waals surface area contributed by atoms with Crippen LogP contribution in [0.1, 0.15) is 43.0 Å². The third-order valence-electron chi connectivity index (χ3n) is 5.64. The number of aryl methyl sites for hydroxylation is 1. The number of hydrogen-bond acceptors (Lipinski definition) is 9. The maximum Gasteiger partial charge on any atom is 0.326 e. The number of esters is 1. The largest absolute Gasteiger partial charge is 0.496 e. The minimum Gasteiger partial charge on any atom is -0.496 e. The van der Waals surface area contributed by atoms with Crippen LogP contribution >= 0.6 is 0 Å². The summed E-state index contributed by atoms with van der Waals surface area (Å²) in [4.78, 5) is 12.8. The number of ether oxygens (including phenoxy) is 4. The van der Waals surface area contributed by atoms with Crippen molar-refractivity contribution in [3.8, 4) is 17.2 Å². The molecule has 2 aromatic carbocycles. The van der Waals surface area contributed by atoms with Crippen molar-refractivity contribution in [1.29, 1.82) is 0 Å². The average molecular weight is 571 g/mol. The number of carbonyl (C=O) groups is 1. The van der Waals surface area contributed by atoms with E-state index in [1.807, 2.05) is 12.1 Å². The van der Waals surface area contributed by atoms with Crippen LogP contribution in [0, 0.1) is 13.8 Å². The number of hydrogen-bond donors (Lipinski definition) is 2. The van der Waals surface area contributed by atoms with Crippen LogP contribution in [0.15, 0.2) is 29.2 Å². The Labute approximate surface area is 223 Å². The Morgan fingerprint density at radius 1 is 1.08 bits per heavy atom. The molecule has 210 valence electrons. The van der Waals surface area contributed by atoms with Gasteiger partial charge in [0.15, 0.2) is 11.5 Å². The lowest BCUT2D eigenvalue weighted by atomic mass is 9.97. The number of carbonyl (C=O) groups excluding carboxylic acids is 1. The summed E-state index contributed by atoms with van der Waals surface area (Å²) in [6, 6.07) is 5.57. The van der Waals surface area contributed by atoms with E-state index in [4.69, 9.17) is 18.9 Å². The van der Waals surface area contributed by atoms with Crippen molar-refractivity contribution >= 4 is 26.0 Å². The molecule has 0 amide bonds. The van der Waals surface area contributed by atoms with Crippen LogP contribution in [0.4, 0.5) is 0 Å². The molecule has 1 aliphatic heterocycles. The Balaban J connectivity index is 2.01. The molecule has 2 aromatic rings. The predicted octanol–water partition coefficient (Wildman–Crippen LogP) is 2.17. The molecule has 2 N–H and O–H groups in total. The van der Waals surface area contributed by atoms with Crippen molar-refractivity contribution in [2.24, 2.45) is 0 Å². The number of fused-ring (bicyclic) bond motifs is 1. The molecule has 0 aromatic heterocycles. The topological polar surface area (TPSA) is 146 Å². The fourth-order valence-electron chi connectivity index (χ4n) is 4.06. The lowest BCUT2D eigenvalue weighted by molar-refractivity contribution is -0.156. The predicted molar refractivity (Wildman–Crippen MR) is 141 cm³/mol. The van der Waals surface area contributed by atoms with E-state index in [-0.39, 0.29) is 11.7 Å². The molecule has 0 aliphatic carbocycles. The van der Waals surface area contributed by atoms with Gasteiger partial charge >= 0.3 is 5.97 Å². The average Bonchev–Trinajstić information content (AvgIpc) is 3.24. The van der Waals surface area contributed by atoms with Crippen LogP contribution in [-0.2, 0) is 36.0 Å². The monoisotopic (exact) mass is 570 g/mol. The molecule has 13 heteroatoms. The molecule has 3 rings (SSSR count). The Bertz CT molecular complexity index is 1430. The van der Waals surface area contributed by atoms with Crippen LogP contribution in [-0.4, -0.2) is 61.2 Å². The molecule has 0 radical (unpaired) electrons. The summed E-state index contributed by atoms with van der Waals surface area (Å²) in [5, 5.41) is 0. The minimum absolute atomic E-state index is 0.0399. The van der Waals surface area contributed by atoms with Gasteiger partial charge in [0.25, 0.3) is 0 Å². The molecular formula is C25H34N2O9S2. The van der Waals surface area contributed by atoms with Crippen molar-refractivity contribution in [2.75, 3.05) is 26.7 Å². The smallest absolute Gasteiger partial charge is 0.326 e. The SMILES string of the molecule is COc1cc(C)c(S(=O)(=O)N[C@H](CNS(C)(=O)=O)C(=O)OC(C)(C)C)c(C)c1Cc1ccc2c(c1)OCO2. The van der Waals surface area contributed by atoms with Gasteiger partial charge in [0, 0.05) is 18.5 Å². The quantitative estimate of drug-likeness (QED) is 0.410. The van der Waals surface area contributed by atoms with Crippen LogP contribution in [0.3, 0.4) is 0 Å². The Morgan fingerprint density at radius 3 is 2.34 bits per heavy atom. The maximum atomic E-state index is 13.7. The van der Waals surface area contributed by atoms with Gasteiger partial charge in [0.05, 0.1) is 18.3 Å². The highest BCUT2D eigenvalue weighted by Gasteiger charge is 2.33. The van der Waals surface area contributed by atoms with E-state index in [1.165, 1.54) is 7.11 Å². The third kappa shape index (κ3) is 7.37. The zero-order chi connectivity index (χ0) is 28.5. The van der Waals surface area contributed by atoms with Gasteiger partial charge in [-0.05, 0) is 69.5 Å². The van der Waals surface area contributed by atoms with E-state index in [2.05, 4.69) is 9.44 Å². The standard InChI is InChI=1S/C25H34N2O9S2/c1-15-10-21(33-6)18(11-17-8-9-20-22(12-17)35-14-34-20)16(2)23(15)38(31,32)27-19(13-26-37(7,29)30)24(28)36-25(3,4)5/h8-10,12,19,26-27H,11,13-14H2,1-7H3/t19-/m1/s1. The summed E-state index contributed by atoms with van der Waals surface area (Å²) in [5.74, 6) is 0.810. The molecule has 0 spiro atoms. The van der Waals surface area contributed by atoms with E-state index in [0.29, 0.717) is 40.4 Å². The van der Waals surface area contributed by atoms with Gasteiger partial charge < -0.3 is 18.9 Å². The summed E-state index contributed by atoms with van der Waals surface area (Å²) in [5.41, 5.74) is 1.36. The van der Waals surface area contributed by atoms with Crippen molar-refractivity contribution in [2.45, 2.75) is 57.6 Å². The highest BCUT2D eigenvalue weighted by atomic mass is 32.2. The van der Waals surface area contributed by atoms with Gasteiger partial charge in [-0.25, -0.2) is 21.6 Å². The van der Waals surface area contributed by atoms with E-state index in [9.17, 15) is 21.6 Å². The summed E-state index contributed by atoms with van der Waals surface area (Å²) >= 11 is 0. The van der Waals surface area contributed by atoms with Crippen LogP contribution in [0.25, 0.3) is 0 Å². The van der Waals surface area contributed by atoms with Crippen LogP contribution in [0.2, 0.25) is 0 Å². The van der Waals surface area contributed by atoms with Gasteiger partial charge in [-0.15, -0.1) is 0 Å².